The zero-order valence-electron chi connectivity index (χ0n) is 71.8. The van der Waals surface area contributed by atoms with Gasteiger partial charge >= 0.3 is 0 Å². The number of nitrogens with zero attached hydrogens (tertiary/aromatic N) is 1. The van der Waals surface area contributed by atoms with Crippen LogP contribution < -0.4 is 5.32 Å². The Hall–Kier alpha value is -11.0. The van der Waals surface area contributed by atoms with E-state index in [0.717, 1.165) is 66.8 Å². The van der Waals surface area contributed by atoms with Gasteiger partial charge in [-0.05, 0) is 66.8 Å². The highest BCUT2D eigenvalue weighted by Gasteiger charge is 2.57. The molecule has 2 amide bonds. The fourth-order valence-corrected chi connectivity index (χ4v) is 16.6. The first-order valence-electron chi connectivity index (χ1n) is 44.0. The second-order valence-electron chi connectivity index (χ2n) is 32.3. The Labute approximate surface area is 746 Å². The van der Waals surface area contributed by atoms with Gasteiger partial charge in [-0.3, -0.25) is 9.59 Å². The Morgan fingerprint density at radius 1 is 0.252 bits per heavy atom. The Morgan fingerprint density at radius 3 is 0.701 bits per heavy atom. The fourth-order valence-electron chi connectivity index (χ4n) is 16.6. The molecule has 127 heavy (non-hydrogen) atoms. The lowest BCUT2D eigenvalue weighted by molar-refractivity contribution is -0.286. The minimum Gasteiger partial charge on any atom is -0.374 e. The first-order chi connectivity index (χ1) is 62.7. The molecule has 3 saturated heterocycles. The van der Waals surface area contributed by atoms with Crippen molar-refractivity contribution in [2.24, 2.45) is 0 Å². The zero-order chi connectivity index (χ0) is 86.7. The first kappa shape index (κ1) is 90.8. The third-order valence-electron chi connectivity index (χ3n) is 23.1. The summed E-state index contributed by atoms with van der Waals surface area (Å²) in [5.41, 5.74) is 10.8. The maximum Gasteiger partial charge on any atom is 0.245 e. The van der Waals surface area contributed by atoms with Crippen LogP contribution in [-0.4, -0.2) is 147 Å². The van der Waals surface area contributed by atoms with E-state index >= 15 is 9.59 Å². The van der Waals surface area contributed by atoms with Crippen molar-refractivity contribution in [2.75, 3.05) is 32.9 Å². The molecule has 0 spiro atoms. The summed E-state index contributed by atoms with van der Waals surface area (Å²) in [4.78, 5) is 35.7. The van der Waals surface area contributed by atoms with Gasteiger partial charge in [0.15, 0.2) is 0 Å². The van der Waals surface area contributed by atoms with E-state index in [4.69, 9.17) is 71.1 Å². The maximum absolute atomic E-state index is 17.8. The summed E-state index contributed by atoms with van der Waals surface area (Å²) in [6, 6.07) is 117. The number of nitrogens with one attached hydrogen (secondary N) is 1. The van der Waals surface area contributed by atoms with Gasteiger partial charge in [-0.25, -0.2) is 0 Å². The number of amides is 2. The van der Waals surface area contributed by atoms with Gasteiger partial charge in [-0.2, -0.15) is 0 Å². The Morgan fingerprint density at radius 2 is 0.449 bits per heavy atom. The first-order valence-corrected chi connectivity index (χ1v) is 44.0. The Bertz CT molecular complexity index is 5080. The molecule has 15 rings (SSSR count). The number of benzene rings is 12. The second-order valence-corrected chi connectivity index (χ2v) is 32.3. The largest absolute Gasteiger partial charge is 0.374 e. The minimum absolute atomic E-state index is 0.00341. The molecule has 19 heteroatoms. The van der Waals surface area contributed by atoms with Crippen LogP contribution in [0.1, 0.15) is 73.7 Å². The van der Waals surface area contributed by atoms with Gasteiger partial charge in [0, 0.05) is 13.5 Å². The van der Waals surface area contributed by atoms with E-state index in [1.54, 1.807) is 0 Å². The average Bonchev–Trinajstić information content (AvgIpc) is 0.760. The van der Waals surface area contributed by atoms with Gasteiger partial charge in [-0.15, -0.1) is 0 Å². The molecule has 0 radical (unpaired) electrons. The van der Waals surface area contributed by atoms with Crippen molar-refractivity contribution in [3.05, 3.63) is 431 Å². The number of carbonyl (C=O) groups excluding carboxylic acids is 2. The fraction of sp³-hybridized carbons (Fsp3) is 0.315. The van der Waals surface area contributed by atoms with Crippen LogP contribution in [0.2, 0.25) is 0 Å². The van der Waals surface area contributed by atoms with Crippen molar-refractivity contribution in [2.45, 2.75) is 184 Å². The second kappa shape index (κ2) is 48.8. The van der Waals surface area contributed by atoms with Crippen molar-refractivity contribution < 1.29 is 80.6 Å². The van der Waals surface area contributed by atoms with Gasteiger partial charge < -0.3 is 81.3 Å². The molecule has 0 aliphatic carbocycles. The van der Waals surface area contributed by atoms with Crippen LogP contribution in [0.4, 0.5) is 0 Å². The zero-order valence-corrected chi connectivity index (χ0v) is 71.8. The van der Waals surface area contributed by atoms with Crippen LogP contribution in [0.15, 0.2) is 364 Å². The molecule has 19 nitrogen and oxygen atoms in total. The van der Waals surface area contributed by atoms with E-state index < -0.39 is 109 Å². The molecule has 1 unspecified atom stereocenters. The topological polar surface area (TPSA) is 188 Å². The van der Waals surface area contributed by atoms with Gasteiger partial charge in [0.2, 0.25) is 11.8 Å². The lowest BCUT2D eigenvalue weighted by Gasteiger charge is -2.51. The average molecular weight is 1710 g/mol. The van der Waals surface area contributed by atoms with E-state index in [0.29, 0.717) is 0 Å². The van der Waals surface area contributed by atoms with Crippen LogP contribution >= 0.6 is 0 Å². The number of hydrogen-bond donors (Lipinski definition) is 1. The Balaban J connectivity index is 0.883. The number of carbonyl (C=O) groups is 2. The smallest absolute Gasteiger partial charge is 0.245 e. The van der Waals surface area contributed by atoms with E-state index in [2.05, 4.69) is 5.32 Å². The summed E-state index contributed by atoms with van der Waals surface area (Å²) in [7, 11) is 0. The molecule has 3 aliphatic rings. The van der Waals surface area contributed by atoms with Crippen molar-refractivity contribution in [1.82, 2.24) is 10.2 Å². The van der Waals surface area contributed by atoms with Crippen LogP contribution in [0.5, 0.6) is 0 Å². The highest BCUT2D eigenvalue weighted by molar-refractivity contribution is 5.88. The molecule has 12 aromatic rings. The number of rotatable bonds is 46. The van der Waals surface area contributed by atoms with Crippen LogP contribution in [0.3, 0.4) is 0 Å². The highest BCUT2D eigenvalue weighted by Crippen LogP contribution is 2.39. The van der Waals surface area contributed by atoms with E-state index in [-0.39, 0.29) is 112 Å². The van der Waals surface area contributed by atoms with Crippen molar-refractivity contribution in [1.29, 1.82) is 0 Å². The third kappa shape index (κ3) is 27.0. The lowest BCUT2D eigenvalue weighted by atomic mass is 9.88. The summed E-state index contributed by atoms with van der Waals surface area (Å²) in [6.07, 6.45) is -15.1. The summed E-state index contributed by atoms with van der Waals surface area (Å²) in [5.74, 6) is -1.18. The minimum atomic E-state index is -1.65. The molecular formula is C108H114N2O17. The summed E-state index contributed by atoms with van der Waals surface area (Å²) >= 11 is 0. The van der Waals surface area contributed by atoms with Crippen LogP contribution in [-0.2, 0) is 160 Å². The predicted octanol–water partition coefficient (Wildman–Crippen LogP) is 17.5. The molecule has 0 bridgehead atoms. The van der Waals surface area contributed by atoms with Gasteiger partial charge in [0.1, 0.15) is 97.6 Å². The summed E-state index contributed by atoms with van der Waals surface area (Å²) in [5, 5.41) is 3.47. The quantitative estimate of drug-likeness (QED) is 0.0379. The number of hydrogen-bond acceptors (Lipinski definition) is 17. The molecule has 1 N–H and O–H groups in total. The van der Waals surface area contributed by atoms with E-state index in [9.17, 15) is 0 Å². The summed E-state index contributed by atoms with van der Waals surface area (Å²) in [6.45, 7) is 2.62. The highest BCUT2D eigenvalue weighted by atomic mass is 16.6. The van der Waals surface area contributed by atoms with Crippen molar-refractivity contribution in [3.8, 4) is 0 Å². The molecule has 0 saturated carbocycles. The third-order valence-corrected chi connectivity index (χ3v) is 23.1. The van der Waals surface area contributed by atoms with Crippen molar-refractivity contribution >= 4 is 11.8 Å². The molecule has 3 heterocycles. The monoisotopic (exact) mass is 1710 g/mol. The molecule has 12 aromatic carbocycles. The van der Waals surface area contributed by atoms with Crippen LogP contribution in [0.25, 0.3) is 0 Å². The molecular weight excluding hydrogens is 1600 g/mol. The van der Waals surface area contributed by atoms with E-state index in [1.165, 1.54) is 11.8 Å². The van der Waals surface area contributed by atoms with Crippen molar-refractivity contribution in [3.63, 3.8) is 0 Å². The SMILES string of the molecule is CC(=O)N(C[C@@H]1O[C@H](COCc2ccccc2)[C@@H](OCc2ccccc2)[C@H](OCc2ccccc2)[C@H]1OCc1ccccc1)C(C(=O)NC[C@@H]1O[C@H](COCc2ccccc2)[C@@H](OCc2ccccc2)[C@H](OCc2ccccc2)[C@H]1OCc1ccccc1)[C@@H]1O[C@H](COCc2ccccc2)[C@@H](OCc2ccccc2)[C@H](OCc2ccccc2)[C@H]1OCc1ccccc1. The normalized spacial score (nSPS) is 22.5. The molecule has 3 fully saturated rings. The van der Waals surface area contributed by atoms with Gasteiger partial charge in [0.25, 0.3) is 0 Å². The molecule has 658 valence electrons. The van der Waals surface area contributed by atoms with Gasteiger partial charge in [-0.1, -0.05) is 364 Å². The molecule has 0 aromatic heterocycles. The number of ether oxygens (including phenoxy) is 15. The maximum atomic E-state index is 17.8. The predicted molar refractivity (Wildman–Crippen MR) is 484 cm³/mol. The Kier molecular flexibility index (Phi) is 34.9. The summed E-state index contributed by atoms with van der Waals surface area (Å²) < 4.78 is 110. The lowest BCUT2D eigenvalue weighted by Crippen LogP contribution is -2.70. The van der Waals surface area contributed by atoms with Gasteiger partial charge in [0.05, 0.1) is 106 Å². The standard InChI is InChI=1S/C108H114N2O17/c1-79(111)110(63-93-99(117-68-84-46-22-6-23-47-84)105(122-73-89-56-32-11-33-57-89)101(119-70-86-50-26-8-27-51-86)95(126-93)77-114-65-81-40-16-3-17-41-81)97(103-107(124-75-91-60-36-13-37-61-91)106(123-74-90-58-34-12-35-59-90)102(120-71-87-52-28-9-29-53-87)96(127-103)78-115-66-82-42-18-4-19-43-82)108(112)109-62-92-98(116-67-83-44-20-5-21-45-83)104(121-72-88-54-30-10-31-55-88)100(118-69-85-48-24-7-25-49-85)94(125-92)76-113-64-80-38-14-2-15-39-80/h2-61,92-107H,62-78H2,1H3,(H,109,112)/t92-,93-,94+,95+,96+,97?,98-,99-,100+,101+,102+,103-,104+,105+,106-,107-/m0/s1. The van der Waals surface area contributed by atoms with E-state index in [1.807, 2.05) is 364 Å². The van der Waals surface area contributed by atoms with Crippen LogP contribution in [0, 0.1) is 0 Å². The molecule has 3 aliphatic heterocycles. The molecule has 16 atom stereocenters.